The van der Waals surface area contributed by atoms with Crippen LogP contribution in [0.15, 0.2) is 6.33 Å². The van der Waals surface area contributed by atoms with Crippen LogP contribution >= 0.6 is 0 Å². The van der Waals surface area contributed by atoms with E-state index >= 15 is 0 Å². The van der Waals surface area contributed by atoms with Gasteiger partial charge in [-0.1, -0.05) is 20.8 Å². The minimum absolute atomic E-state index is 0.166. The van der Waals surface area contributed by atoms with Gasteiger partial charge in [0, 0.05) is 19.0 Å². The Bertz CT molecular complexity index is 524. The predicted octanol–water partition coefficient (Wildman–Crippen LogP) is 1.39. The molecule has 1 saturated heterocycles. The second kappa shape index (κ2) is 5.58. The van der Waals surface area contributed by atoms with Gasteiger partial charge in [-0.3, -0.25) is 0 Å². The zero-order valence-corrected chi connectivity index (χ0v) is 12.6. The number of hydrogen-bond donors (Lipinski definition) is 0. The number of hydrogen-bond acceptors (Lipinski definition) is 4. The van der Waals surface area contributed by atoms with E-state index < -0.39 is 10.0 Å². The summed E-state index contributed by atoms with van der Waals surface area (Å²) in [5.41, 5.74) is 0. The lowest BCUT2D eigenvalue weighted by Gasteiger charge is -2.18. The van der Waals surface area contributed by atoms with Crippen LogP contribution in [0.25, 0.3) is 0 Å². The molecule has 0 radical (unpaired) electrons. The van der Waals surface area contributed by atoms with Crippen LogP contribution in [0.2, 0.25) is 0 Å². The van der Waals surface area contributed by atoms with Crippen LogP contribution in [0.1, 0.15) is 51.4 Å². The maximum atomic E-state index is 12.1. The van der Waals surface area contributed by atoms with Gasteiger partial charge in [-0.05, 0) is 12.8 Å². The number of sulfonamides is 1. The normalized spacial score (nSPS) is 21.4. The summed E-state index contributed by atoms with van der Waals surface area (Å²) in [6.45, 7) is 7.17. The molecule has 0 aliphatic carbocycles. The lowest BCUT2D eigenvalue weighted by Crippen LogP contribution is -2.31. The molecule has 0 spiro atoms. The average Bonchev–Trinajstić information content (AvgIpc) is 2.97. The molecule has 0 aromatic carbocycles. The smallest absolute Gasteiger partial charge is 0.214 e. The maximum absolute atomic E-state index is 12.1. The molecule has 19 heavy (non-hydrogen) atoms. The van der Waals surface area contributed by atoms with Gasteiger partial charge in [0.1, 0.15) is 12.2 Å². The van der Waals surface area contributed by atoms with Crippen LogP contribution < -0.4 is 0 Å². The highest BCUT2D eigenvalue weighted by molar-refractivity contribution is 7.89. The van der Waals surface area contributed by atoms with E-state index in [0.717, 1.165) is 12.2 Å². The Morgan fingerprint density at radius 1 is 1.47 bits per heavy atom. The average molecular weight is 286 g/mol. The molecule has 1 fully saturated rings. The minimum atomic E-state index is -3.09. The summed E-state index contributed by atoms with van der Waals surface area (Å²) in [5.74, 6) is 1.46. The van der Waals surface area contributed by atoms with Crippen molar-refractivity contribution in [2.75, 3.05) is 18.8 Å². The standard InChI is InChI=1S/C12H22N4O2S/c1-4-7-19(17,18)15-6-5-11(8-15)16-9-13-14-12(16)10(2)3/h9-11H,4-8H2,1-3H3. The van der Waals surface area contributed by atoms with Crippen LogP contribution in [0.5, 0.6) is 0 Å². The summed E-state index contributed by atoms with van der Waals surface area (Å²) < 4.78 is 27.7. The molecule has 2 rings (SSSR count). The maximum Gasteiger partial charge on any atom is 0.214 e. The fraction of sp³-hybridized carbons (Fsp3) is 0.833. The highest BCUT2D eigenvalue weighted by atomic mass is 32.2. The first-order valence-corrected chi connectivity index (χ1v) is 8.43. The molecule has 2 heterocycles. The van der Waals surface area contributed by atoms with Gasteiger partial charge in [-0.25, -0.2) is 8.42 Å². The Morgan fingerprint density at radius 3 is 2.84 bits per heavy atom. The molecule has 0 N–H and O–H groups in total. The van der Waals surface area contributed by atoms with Gasteiger partial charge >= 0.3 is 0 Å². The summed E-state index contributed by atoms with van der Waals surface area (Å²) in [4.78, 5) is 0. The Hall–Kier alpha value is -0.950. The lowest BCUT2D eigenvalue weighted by atomic mass is 10.2. The van der Waals surface area contributed by atoms with E-state index in [1.54, 1.807) is 10.6 Å². The number of rotatable bonds is 5. The number of nitrogens with zero attached hydrogens (tertiary/aromatic N) is 4. The van der Waals surface area contributed by atoms with Crippen molar-refractivity contribution in [2.24, 2.45) is 0 Å². The van der Waals surface area contributed by atoms with Crippen LogP contribution in [0.4, 0.5) is 0 Å². The van der Waals surface area contributed by atoms with Crippen molar-refractivity contribution in [3.63, 3.8) is 0 Å². The van der Waals surface area contributed by atoms with Crippen LogP contribution in [0, 0.1) is 0 Å². The molecule has 1 atom stereocenters. The fourth-order valence-corrected chi connectivity index (χ4v) is 4.08. The van der Waals surface area contributed by atoms with E-state index in [9.17, 15) is 8.42 Å². The second-order valence-electron chi connectivity index (χ2n) is 5.37. The summed E-state index contributed by atoms with van der Waals surface area (Å²) in [5, 5.41) is 8.09. The van der Waals surface area contributed by atoms with Crippen LogP contribution in [-0.2, 0) is 10.0 Å². The molecule has 6 nitrogen and oxygen atoms in total. The third-order valence-electron chi connectivity index (χ3n) is 3.49. The summed E-state index contributed by atoms with van der Waals surface area (Å²) in [6.07, 6.45) is 3.21. The molecule has 0 saturated carbocycles. The molecule has 1 aromatic heterocycles. The molecule has 1 aliphatic rings. The summed E-state index contributed by atoms with van der Waals surface area (Å²) >= 11 is 0. The van der Waals surface area contributed by atoms with E-state index in [1.807, 2.05) is 11.5 Å². The van der Waals surface area contributed by atoms with Crippen molar-refractivity contribution in [3.05, 3.63) is 12.2 Å². The quantitative estimate of drug-likeness (QED) is 0.820. The van der Waals surface area contributed by atoms with Gasteiger partial charge in [-0.15, -0.1) is 10.2 Å². The molecule has 1 unspecified atom stereocenters. The van der Waals surface area contributed by atoms with Crippen molar-refractivity contribution in [1.82, 2.24) is 19.1 Å². The van der Waals surface area contributed by atoms with Crippen LogP contribution in [-0.4, -0.2) is 46.3 Å². The van der Waals surface area contributed by atoms with E-state index in [2.05, 4.69) is 24.0 Å². The SMILES string of the molecule is CCCS(=O)(=O)N1CCC(n2cnnc2C(C)C)C1. The van der Waals surface area contributed by atoms with Gasteiger partial charge in [0.25, 0.3) is 0 Å². The Morgan fingerprint density at radius 2 is 2.21 bits per heavy atom. The van der Waals surface area contributed by atoms with Crippen molar-refractivity contribution in [2.45, 2.75) is 45.6 Å². The third kappa shape index (κ3) is 2.97. The fourth-order valence-electron chi connectivity index (χ4n) is 2.52. The molecule has 0 amide bonds. The van der Waals surface area contributed by atoms with Gasteiger partial charge < -0.3 is 4.57 Å². The first-order chi connectivity index (χ1) is 8.95. The first-order valence-electron chi connectivity index (χ1n) is 6.83. The van der Waals surface area contributed by atoms with Crippen molar-refractivity contribution < 1.29 is 8.42 Å². The number of aromatic nitrogens is 3. The van der Waals surface area contributed by atoms with E-state index in [1.165, 1.54) is 0 Å². The zero-order chi connectivity index (χ0) is 14.0. The molecule has 1 aliphatic heterocycles. The van der Waals surface area contributed by atoms with Crippen molar-refractivity contribution >= 4 is 10.0 Å². The van der Waals surface area contributed by atoms with E-state index in [0.29, 0.717) is 25.4 Å². The van der Waals surface area contributed by atoms with E-state index in [4.69, 9.17) is 0 Å². The largest absolute Gasteiger partial charge is 0.313 e. The second-order valence-corrected chi connectivity index (χ2v) is 7.46. The Labute approximate surface area is 114 Å². The topological polar surface area (TPSA) is 68.1 Å². The zero-order valence-electron chi connectivity index (χ0n) is 11.8. The molecule has 7 heteroatoms. The van der Waals surface area contributed by atoms with Crippen LogP contribution in [0.3, 0.4) is 0 Å². The van der Waals surface area contributed by atoms with Crippen molar-refractivity contribution in [1.29, 1.82) is 0 Å². The monoisotopic (exact) mass is 286 g/mol. The summed E-state index contributed by atoms with van der Waals surface area (Å²) in [7, 11) is -3.09. The van der Waals surface area contributed by atoms with Gasteiger partial charge in [0.15, 0.2) is 0 Å². The third-order valence-corrected chi connectivity index (χ3v) is 5.53. The molecular formula is C12H22N4O2S. The molecule has 0 bridgehead atoms. The molecule has 108 valence electrons. The van der Waals surface area contributed by atoms with Gasteiger partial charge in [0.05, 0.1) is 11.8 Å². The van der Waals surface area contributed by atoms with Gasteiger partial charge in [-0.2, -0.15) is 4.31 Å². The Balaban J connectivity index is 2.12. The van der Waals surface area contributed by atoms with Gasteiger partial charge in [0.2, 0.25) is 10.0 Å². The molecular weight excluding hydrogens is 264 g/mol. The minimum Gasteiger partial charge on any atom is -0.313 e. The predicted molar refractivity (Wildman–Crippen MR) is 73.4 cm³/mol. The van der Waals surface area contributed by atoms with Crippen molar-refractivity contribution in [3.8, 4) is 0 Å². The highest BCUT2D eigenvalue weighted by Gasteiger charge is 2.32. The molecule has 1 aromatic rings. The first kappa shape index (κ1) is 14.5. The highest BCUT2D eigenvalue weighted by Crippen LogP contribution is 2.27. The lowest BCUT2D eigenvalue weighted by molar-refractivity contribution is 0.443. The Kier molecular flexibility index (Phi) is 4.25. The van der Waals surface area contributed by atoms with E-state index in [-0.39, 0.29) is 11.8 Å². The summed E-state index contributed by atoms with van der Waals surface area (Å²) in [6, 6.07) is 0.166.